The van der Waals surface area contributed by atoms with Crippen LogP contribution < -0.4 is 14.2 Å². The van der Waals surface area contributed by atoms with E-state index in [9.17, 15) is 19.8 Å². The molecule has 46 heavy (non-hydrogen) atoms. The van der Waals surface area contributed by atoms with Gasteiger partial charge in [-0.3, -0.25) is 0 Å². The molecule has 0 amide bonds. The Hall–Kier alpha value is -5.38. The molecule has 0 bridgehead atoms. The van der Waals surface area contributed by atoms with Gasteiger partial charge in [-0.25, -0.2) is 9.59 Å². The first-order valence-corrected chi connectivity index (χ1v) is 14.7. The van der Waals surface area contributed by atoms with Crippen molar-refractivity contribution in [2.75, 3.05) is 26.4 Å². The van der Waals surface area contributed by atoms with E-state index >= 15 is 0 Å². The minimum absolute atomic E-state index is 0.112. The lowest BCUT2D eigenvalue weighted by Gasteiger charge is -2.39. The van der Waals surface area contributed by atoms with Crippen molar-refractivity contribution in [3.8, 4) is 34.1 Å². The summed E-state index contributed by atoms with van der Waals surface area (Å²) < 4.78 is 28.1. The third kappa shape index (κ3) is 5.62. The molecule has 0 aromatic heterocycles. The van der Waals surface area contributed by atoms with E-state index < -0.39 is 29.6 Å². The molecule has 4 aromatic rings. The quantitative estimate of drug-likeness (QED) is 0.142. The van der Waals surface area contributed by atoms with Crippen LogP contribution in [0.1, 0.15) is 22.3 Å². The van der Waals surface area contributed by atoms with Crippen molar-refractivity contribution in [3.63, 3.8) is 0 Å². The number of fused-ring (bicyclic) bond motifs is 9. The Morgan fingerprint density at radius 3 is 1.52 bits per heavy atom. The molecule has 2 unspecified atom stereocenters. The molecule has 0 radical (unpaired) electrons. The van der Waals surface area contributed by atoms with Crippen LogP contribution in [0.5, 0.6) is 23.0 Å². The lowest BCUT2D eigenvalue weighted by molar-refractivity contribution is -0.142. The van der Waals surface area contributed by atoms with Crippen molar-refractivity contribution >= 4 is 11.9 Å². The molecule has 9 nitrogen and oxygen atoms in total. The Morgan fingerprint density at radius 1 is 0.652 bits per heavy atom. The number of aliphatic hydroxyl groups excluding tert-OH is 2. The van der Waals surface area contributed by atoms with Crippen LogP contribution in [0.2, 0.25) is 0 Å². The molecule has 1 spiro atoms. The molecule has 1 aliphatic carbocycles. The summed E-state index contributed by atoms with van der Waals surface area (Å²) in [5, 5.41) is 20.5. The Bertz CT molecular complexity index is 1680. The van der Waals surface area contributed by atoms with E-state index in [4.69, 9.17) is 23.7 Å². The van der Waals surface area contributed by atoms with Gasteiger partial charge in [0.15, 0.2) is 0 Å². The number of esters is 2. The SMILES string of the molecule is C=CC(=O)OCC(O)COc1ccc2c(c1)Oc1cc(OCC(O)COC(=O)C=C)ccc1C21c2ccccc2-c2ccccc21. The third-order valence-corrected chi connectivity index (χ3v) is 7.94. The Balaban J connectivity index is 1.36. The van der Waals surface area contributed by atoms with Gasteiger partial charge in [-0.05, 0) is 34.4 Å². The maximum Gasteiger partial charge on any atom is 0.330 e. The summed E-state index contributed by atoms with van der Waals surface area (Å²) in [5.41, 5.74) is 5.55. The predicted molar refractivity (Wildman–Crippen MR) is 169 cm³/mol. The van der Waals surface area contributed by atoms with Gasteiger partial charge in [-0.15, -0.1) is 0 Å². The maximum atomic E-state index is 11.4. The molecule has 9 heteroatoms. The van der Waals surface area contributed by atoms with Crippen molar-refractivity contribution < 1.29 is 43.5 Å². The van der Waals surface area contributed by atoms with Gasteiger partial charge in [-0.1, -0.05) is 73.8 Å². The van der Waals surface area contributed by atoms with Crippen LogP contribution in [0, 0.1) is 0 Å². The standard InChI is InChI=1S/C37H32O9/c1-3-35(40)44-21-23(38)19-42-25-13-15-31-33(17-25)46-34-18-26(43-20-24(39)22-45-36(41)4-2)14-16-32(34)37(31)29-11-7-5-9-27(29)28-10-6-8-12-30(28)37/h3-18,23-24,38-39H,1-2,19-22H2. The summed E-state index contributed by atoms with van der Waals surface area (Å²) in [6, 6.07) is 27.8. The Labute approximate surface area is 265 Å². The van der Waals surface area contributed by atoms with Gasteiger partial charge in [0.25, 0.3) is 0 Å². The van der Waals surface area contributed by atoms with Crippen LogP contribution >= 0.6 is 0 Å². The summed E-state index contributed by atoms with van der Waals surface area (Å²) in [7, 11) is 0. The molecule has 2 N–H and O–H groups in total. The van der Waals surface area contributed by atoms with Gasteiger partial charge in [0.1, 0.15) is 61.6 Å². The molecule has 4 aromatic carbocycles. The number of rotatable bonds is 12. The fourth-order valence-electron chi connectivity index (χ4n) is 6.01. The molecule has 6 rings (SSSR count). The fourth-order valence-corrected chi connectivity index (χ4v) is 6.01. The third-order valence-electron chi connectivity index (χ3n) is 7.94. The van der Waals surface area contributed by atoms with Crippen molar-refractivity contribution in [1.82, 2.24) is 0 Å². The zero-order chi connectivity index (χ0) is 32.3. The normalized spacial score (nSPS) is 14.3. The fraction of sp³-hybridized carbons (Fsp3) is 0.189. The number of hydrogen-bond donors (Lipinski definition) is 2. The number of carbonyl (C=O) groups is 2. The van der Waals surface area contributed by atoms with Crippen LogP contribution in [-0.4, -0.2) is 60.8 Å². The first-order chi connectivity index (χ1) is 22.3. The average Bonchev–Trinajstić information content (AvgIpc) is 3.38. The van der Waals surface area contributed by atoms with E-state index in [1.807, 2.05) is 48.5 Å². The minimum Gasteiger partial charge on any atom is -0.491 e. The number of ether oxygens (including phenoxy) is 5. The van der Waals surface area contributed by atoms with Crippen LogP contribution in [0.15, 0.2) is 110 Å². The first-order valence-electron chi connectivity index (χ1n) is 14.7. The van der Waals surface area contributed by atoms with E-state index in [1.165, 1.54) is 0 Å². The summed E-state index contributed by atoms with van der Waals surface area (Å²) in [5.74, 6) is 0.758. The molecule has 2 atom stereocenters. The number of carbonyl (C=O) groups excluding carboxylic acids is 2. The second-order valence-corrected chi connectivity index (χ2v) is 10.9. The summed E-state index contributed by atoms with van der Waals surface area (Å²) in [6.07, 6.45) is -0.0318. The summed E-state index contributed by atoms with van der Waals surface area (Å²) in [6.45, 7) is 6.01. The average molecular weight is 621 g/mol. The highest BCUT2D eigenvalue weighted by molar-refractivity contribution is 5.88. The maximum absolute atomic E-state index is 11.4. The van der Waals surface area contributed by atoms with E-state index in [1.54, 1.807) is 12.1 Å². The molecule has 0 saturated heterocycles. The highest BCUT2D eigenvalue weighted by Crippen LogP contribution is 2.62. The van der Waals surface area contributed by atoms with E-state index in [2.05, 4.69) is 37.4 Å². The van der Waals surface area contributed by atoms with Crippen molar-refractivity contribution in [1.29, 1.82) is 0 Å². The highest BCUT2D eigenvalue weighted by Gasteiger charge is 2.51. The summed E-state index contributed by atoms with van der Waals surface area (Å²) in [4.78, 5) is 22.7. The van der Waals surface area contributed by atoms with E-state index in [0.29, 0.717) is 23.0 Å². The number of aliphatic hydroxyl groups is 2. The zero-order valence-corrected chi connectivity index (χ0v) is 24.9. The number of hydrogen-bond acceptors (Lipinski definition) is 9. The monoisotopic (exact) mass is 620 g/mol. The van der Waals surface area contributed by atoms with Crippen LogP contribution in [0.4, 0.5) is 0 Å². The van der Waals surface area contributed by atoms with Crippen LogP contribution in [0.25, 0.3) is 11.1 Å². The minimum atomic E-state index is -1.04. The predicted octanol–water partition coefficient (Wildman–Crippen LogP) is 5.09. The molecule has 234 valence electrons. The topological polar surface area (TPSA) is 121 Å². The number of benzene rings is 4. The van der Waals surface area contributed by atoms with Gasteiger partial charge in [-0.2, -0.15) is 0 Å². The molecular weight excluding hydrogens is 588 g/mol. The second-order valence-electron chi connectivity index (χ2n) is 10.9. The van der Waals surface area contributed by atoms with Crippen molar-refractivity contribution in [2.45, 2.75) is 17.6 Å². The largest absolute Gasteiger partial charge is 0.491 e. The second kappa shape index (κ2) is 12.9. The lowest BCUT2D eigenvalue weighted by atomic mass is 9.66. The van der Waals surface area contributed by atoms with Crippen LogP contribution in [0.3, 0.4) is 0 Å². The molecule has 0 fully saturated rings. The molecule has 1 heterocycles. The highest BCUT2D eigenvalue weighted by atomic mass is 16.6. The van der Waals surface area contributed by atoms with Gasteiger partial charge < -0.3 is 33.9 Å². The van der Waals surface area contributed by atoms with E-state index in [0.717, 1.165) is 45.5 Å². The van der Waals surface area contributed by atoms with Crippen molar-refractivity contribution in [3.05, 3.63) is 132 Å². The molecule has 2 aliphatic rings. The van der Waals surface area contributed by atoms with Crippen molar-refractivity contribution in [2.24, 2.45) is 0 Å². The molecule has 0 saturated carbocycles. The summed E-state index contributed by atoms with van der Waals surface area (Å²) >= 11 is 0. The van der Waals surface area contributed by atoms with Gasteiger partial charge >= 0.3 is 11.9 Å². The molecular formula is C37H32O9. The zero-order valence-electron chi connectivity index (χ0n) is 24.9. The van der Waals surface area contributed by atoms with Gasteiger partial charge in [0.05, 0.1) is 5.41 Å². The van der Waals surface area contributed by atoms with Gasteiger partial charge in [0.2, 0.25) is 0 Å². The van der Waals surface area contributed by atoms with Crippen LogP contribution in [-0.2, 0) is 24.5 Å². The lowest BCUT2D eigenvalue weighted by Crippen LogP contribution is -2.32. The van der Waals surface area contributed by atoms with Gasteiger partial charge in [0, 0.05) is 35.4 Å². The first kappa shape index (κ1) is 30.6. The Morgan fingerprint density at radius 2 is 1.09 bits per heavy atom. The molecule has 1 aliphatic heterocycles. The van der Waals surface area contributed by atoms with E-state index in [-0.39, 0.29) is 26.4 Å². The Kier molecular flexibility index (Phi) is 8.61. The smallest absolute Gasteiger partial charge is 0.330 e.